The van der Waals surface area contributed by atoms with Crippen molar-refractivity contribution in [1.82, 2.24) is 0 Å². The number of anilines is 1. The number of benzene rings is 2. The van der Waals surface area contributed by atoms with Crippen LogP contribution in [0.5, 0.6) is 5.75 Å². The van der Waals surface area contributed by atoms with Gasteiger partial charge in [0.25, 0.3) is 0 Å². The van der Waals surface area contributed by atoms with Gasteiger partial charge in [0.2, 0.25) is 0 Å². The smallest absolute Gasteiger partial charge is 0.155 e. The van der Waals surface area contributed by atoms with Gasteiger partial charge in [-0.25, -0.2) is 0 Å². The molecular weight excluding hydrogens is 178 g/mol. The van der Waals surface area contributed by atoms with Crippen LogP contribution in [0.15, 0.2) is 30.3 Å². The predicted molar refractivity (Wildman–Crippen MR) is 55.4 cm³/mol. The summed E-state index contributed by atoms with van der Waals surface area (Å²) in [4.78, 5) is 10.7. The highest BCUT2D eigenvalue weighted by Crippen LogP contribution is 2.30. The molecule has 2 rings (SSSR count). The summed E-state index contributed by atoms with van der Waals surface area (Å²) >= 11 is 0. The van der Waals surface area contributed by atoms with Crippen molar-refractivity contribution >= 4 is 22.7 Å². The van der Waals surface area contributed by atoms with E-state index in [1.54, 1.807) is 0 Å². The number of nitrogens with two attached hydrogens (primary N) is 1. The molecule has 0 heterocycles. The number of fused-ring (bicyclic) bond motifs is 1. The minimum atomic E-state index is -0.0730. The molecule has 0 amide bonds. The first-order valence-electron chi connectivity index (χ1n) is 4.19. The predicted octanol–water partition coefficient (Wildman–Crippen LogP) is 1.94. The van der Waals surface area contributed by atoms with Crippen LogP contribution in [0.1, 0.15) is 10.4 Å². The van der Waals surface area contributed by atoms with Gasteiger partial charge >= 0.3 is 0 Å². The summed E-state index contributed by atoms with van der Waals surface area (Å²) in [6, 6.07) is 8.87. The van der Waals surface area contributed by atoms with Crippen molar-refractivity contribution < 1.29 is 9.90 Å². The van der Waals surface area contributed by atoms with Gasteiger partial charge in [-0.05, 0) is 11.5 Å². The maximum absolute atomic E-state index is 10.7. The molecule has 0 aliphatic rings. The highest BCUT2D eigenvalue weighted by molar-refractivity contribution is 6.03. The Morgan fingerprint density at radius 3 is 2.71 bits per heavy atom. The number of hydrogen-bond donors (Lipinski definition) is 2. The molecule has 0 spiro atoms. The van der Waals surface area contributed by atoms with Crippen LogP contribution in [0.4, 0.5) is 5.69 Å². The Kier molecular flexibility index (Phi) is 1.85. The third-order valence-corrected chi connectivity index (χ3v) is 2.23. The Balaban J connectivity index is 2.92. The molecule has 70 valence electrons. The second-order valence-corrected chi connectivity index (χ2v) is 3.06. The Morgan fingerprint density at radius 1 is 1.29 bits per heavy atom. The van der Waals surface area contributed by atoms with E-state index < -0.39 is 0 Å². The molecule has 0 aliphatic heterocycles. The van der Waals surface area contributed by atoms with E-state index in [1.807, 2.05) is 24.3 Å². The zero-order chi connectivity index (χ0) is 10.1. The van der Waals surface area contributed by atoms with Crippen LogP contribution >= 0.6 is 0 Å². The Hall–Kier alpha value is -2.03. The number of carbonyl (C=O) groups is 1. The third-order valence-electron chi connectivity index (χ3n) is 2.23. The van der Waals surface area contributed by atoms with Gasteiger partial charge in [-0.3, -0.25) is 4.79 Å². The lowest BCUT2D eigenvalue weighted by molar-refractivity contribution is 0.112. The van der Waals surface area contributed by atoms with Crippen molar-refractivity contribution in [3.05, 3.63) is 35.9 Å². The topological polar surface area (TPSA) is 63.3 Å². The van der Waals surface area contributed by atoms with E-state index in [4.69, 9.17) is 5.73 Å². The van der Waals surface area contributed by atoms with Gasteiger partial charge in [-0.15, -0.1) is 0 Å². The van der Waals surface area contributed by atoms with E-state index >= 15 is 0 Å². The molecular formula is C11H9NO2. The van der Waals surface area contributed by atoms with Crippen LogP contribution in [0, 0.1) is 0 Å². The molecule has 0 radical (unpaired) electrons. The van der Waals surface area contributed by atoms with Crippen LogP contribution in [-0.4, -0.2) is 11.4 Å². The van der Waals surface area contributed by atoms with E-state index in [1.165, 1.54) is 6.07 Å². The summed E-state index contributed by atoms with van der Waals surface area (Å²) < 4.78 is 0. The fourth-order valence-electron chi connectivity index (χ4n) is 1.50. The second kappa shape index (κ2) is 3.03. The molecule has 3 nitrogen and oxygen atoms in total. The Morgan fingerprint density at radius 2 is 2.00 bits per heavy atom. The molecule has 0 fully saturated rings. The molecule has 0 aliphatic carbocycles. The molecule has 2 aromatic rings. The number of phenolic OH excluding ortho intramolecular Hbond substituents is 1. The van der Waals surface area contributed by atoms with Gasteiger partial charge in [0.1, 0.15) is 5.75 Å². The molecule has 0 aromatic heterocycles. The maximum Gasteiger partial charge on any atom is 0.155 e. The standard InChI is InChI=1S/C11H9NO2/c12-11-8-4-2-1-3-7(8)5-10(14)9(11)6-13/h1-6,14H,12H2. The first-order valence-corrected chi connectivity index (χ1v) is 4.19. The van der Waals surface area contributed by atoms with Crippen molar-refractivity contribution in [1.29, 1.82) is 0 Å². The van der Waals surface area contributed by atoms with Crippen LogP contribution in [-0.2, 0) is 0 Å². The lowest BCUT2D eigenvalue weighted by Crippen LogP contribution is -1.94. The summed E-state index contributed by atoms with van der Waals surface area (Å²) in [6.45, 7) is 0. The molecule has 0 bridgehead atoms. The average molecular weight is 187 g/mol. The maximum atomic E-state index is 10.7. The number of nitrogen functional groups attached to an aromatic ring is 1. The van der Waals surface area contributed by atoms with E-state index in [-0.39, 0.29) is 11.3 Å². The molecule has 3 N–H and O–H groups in total. The van der Waals surface area contributed by atoms with Crippen molar-refractivity contribution in [2.45, 2.75) is 0 Å². The van der Waals surface area contributed by atoms with Crippen LogP contribution < -0.4 is 5.73 Å². The number of aromatic hydroxyl groups is 1. The zero-order valence-electron chi connectivity index (χ0n) is 7.40. The fourth-order valence-corrected chi connectivity index (χ4v) is 1.50. The number of rotatable bonds is 1. The van der Waals surface area contributed by atoms with Crippen LogP contribution in [0.3, 0.4) is 0 Å². The number of carbonyl (C=O) groups excluding carboxylic acids is 1. The van der Waals surface area contributed by atoms with Crippen LogP contribution in [0.25, 0.3) is 10.8 Å². The highest BCUT2D eigenvalue weighted by Gasteiger charge is 2.08. The van der Waals surface area contributed by atoms with Crippen molar-refractivity contribution in [3.8, 4) is 5.75 Å². The van der Waals surface area contributed by atoms with Gasteiger partial charge in [0.05, 0.1) is 11.3 Å². The van der Waals surface area contributed by atoms with Gasteiger partial charge < -0.3 is 10.8 Å². The minimum Gasteiger partial charge on any atom is -0.507 e. The first-order chi connectivity index (χ1) is 6.74. The molecule has 2 aromatic carbocycles. The van der Waals surface area contributed by atoms with Crippen molar-refractivity contribution in [2.24, 2.45) is 0 Å². The van der Waals surface area contributed by atoms with Crippen molar-refractivity contribution in [2.75, 3.05) is 5.73 Å². The first kappa shape index (κ1) is 8.56. The van der Waals surface area contributed by atoms with Gasteiger partial charge in [-0.1, -0.05) is 24.3 Å². The van der Waals surface area contributed by atoms with Gasteiger partial charge in [0, 0.05) is 5.39 Å². The fraction of sp³-hybridized carbons (Fsp3) is 0. The Bertz CT molecular complexity index is 506. The molecule has 14 heavy (non-hydrogen) atoms. The van der Waals surface area contributed by atoms with E-state index in [2.05, 4.69) is 0 Å². The number of phenols is 1. The SMILES string of the molecule is Nc1c(C=O)c(O)cc2ccccc12. The lowest BCUT2D eigenvalue weighted by atomic mass is 10.0. The minimum absolute atomic E-state index is 0.0730. The van der Waals surface area contributed by atoms with Gasteiger partial charge in [0.15, 0.2) is 6.29 Å². The summed E-state index contributed by atoms with van der Waals surface area (Å²) in [7, 11) is 0. The van der Waals surface area contributed by atoms with Gasteiger partial charge in [-0.2, -0.15) is 0 Å². The Labute approximate surface area is 80.8 Å². The van der Waals surface area contributed by atoms with Crippen molar-refractivity contribution in [3.63, 3.8) is 0 Å². The normalized spacial score (nSPS) is 10.3. The molecule has 3 heteroatoms. The average Bonchev–Trinajstić information content (AvgIpc) is 2.18. The largest absolute Gasteiger partial charge is 0.507 e. The summed E-state index contributed by atoms with van der Waals surface area (Å²) in [5.41, 5.74) is 6.22. The van der Waals surface area contributed by atoms with E-state index in [0.717, 1.165) is 10.8 Å². The summed E-state index contributed by atoms with van der Waals surface area (Å²) in [5.74, 6) is -0.0730. The number of aldehydes is 1. The lowest BCUT2D eigenvalue weighted by Gasteiger charge is -2.06. The van der Waals surface area contributed by atoms with E-state index in [0.29, 0.717) is 12.0 Å². The summed E-state index contributed by atoms with van der Waals surface area (Å²) in [5, 5.41) is 11.1. The van der Waals surface area contributed by atoms with E-state index in [9.17, 15) is 9.90 Å². The number of hydrogen-bond acceptors (Lipinski definition) is 3. The quantitative estimate of drug-likeness (QED) is 0.529. The third kappa shape index (κ3) is 1.10. The molecule has 0 saturated heterocycles. The summed E-state index contributed by atoms with van der Waals surface area (Å²) in [6.07, 6.45) is 0.567. The second-order valence-electron chi connectivity index (χ2n) is 3.06. The monoisotopic (exact) mass is 187 g/mol. The highest BCUT2D eigenvalue weighted by atomic mass is 16.3. The van der Waals surface area contributed by atoms with Crippen LogP contribution in [0.2, 0.25) is 0 Å². The zero-order valence-corrected chi connectivity index (χ0v) is 7.40. The molecule has 0 atom stereocenters. The molecule has 0 unspecified atom stereocenters. The molecule has 0 saturated carbocycles.